The molecule has 104 valence electrons. The number of hydrogen-bond donors (Lipinski definition) is 0. The van der Waals surface area contributed by atoms with Crippen molar-refractivity contribution in [2.75, 3.05) is 11.4 Å². The lowest BCUT2D eigenvalue weighted by Crippen LogP contribution is -2.34. The van der Waals surface area contributed by atoms with Gasteiger partial charge in [0.2, 0.25) is 0 Å². The van der Waals surface area contributed by atoms with Gasteiger partial charge in [-0.05, 0) is 35.7 Å². The van der Waals surface area contributed by atoms with E-state index in [1.165, 1.54) is 5.56 Å². The molecule has 3 nitrogen and oxygen atoms in total. The Morgan fingerprint density at radius 1 is 1.05 bits per heavy atom. The van der Waals surface area contributed by atoms with Gasteiger partial charge in [-0.2, -0.15) is 0 Å². The van der Waals surface area contributed by atoms with Gasteiger partial charge in [0.25, 0.3) is 11.7 Å². The minimum atomic E-state index is -0.396. The number of carbonyl (C=O) groups is 2. The summed E-state index contributed by atoms with van der Waals surface area (Å²) in [6, 6.07) is 13.4. The molecule has 0 radical (unpaired) electrons. The van der Waals surface area contributed by atoms with Crippen LogP contribution < -0.4 is 4.90 Å². The predicted molar refractivity (Wildman–Crippen MR) is 81.0 cm³/mol. The van der Waals surface area contributed by atoms with Crippen LogP contribution in [-0.2, 0) is 4.79 Å². The summed E-state index contributed by atoms with van der Waals surface area (Å²) in [5.74, 6) is -0.581. The normalized spacial score (nSPS) is 19.9. The number of amides is 1. The lowest BCUT2D eigenvalue weighted by molar-refractivity contribution is -0.114. The summed E-state index contributed by atoms with van der Waals surface area (Å²) < 4.78 is 0. The number of ketones is 1. The topological polar surface area (TPSA) is 37.4 Å². The Morgan fingerprint density at radius 2 is 1.81 bits per heavy atom. The molecular weight excluding hydrogens is 286 g/mol. The zero-order chi connectivity index (χ0) is 14.6. The lowest BCUT2D eigenvalue weighted by atomic mass is 9.84. The smallest absolute Gasteiger partial charge is 0.299 e. The van der Waals surface area contributed by atoms with E-state index in [0.29, 0.717) is 17.1 Å². The first kappa shape index (κ1) is 12.6. The van der Waals surface area contributed by atoms with Crippen LogP contribution in [-0.4, -0.2) is 18.2 Å². The van der Waals surface area contributed by atoms with Crippen molar-refractivity contribution in [1.82, 2.24) is 0 Å². The van der Waals surface area contributed by atoms with Crippen LogP contribution in [0.15, 0.2) is 42.5 Å². The van der Waals surface area contributed by atoms with Gasteiger partial charge in [-0.3, -0.25) is 9.59 Å². The van der Waals surface area contributed by atoms with E-state index >= 15 is 0 Å². The van der Waals surface area contributed by atoms with Crippen LogP contribution in [0.4, 0.5) is 5.69 Å². The third-order valence-electron chi connectivity index (χ3n) is 4.31. The second-order valence-electron chi connectivity index (χ2n) is 5.42. The molecule has 0 saturated heterocycles. The largest absolute Gasteiger partial charge is 0.304 e. The molecule has 2 aliphatic rings. The van der Waals surface area contributed by atoms with E-state index in [4.69, 9.17) is 11.6 Å². The highest BCUT2D eigenvalue weighted by Crippen LogP contribution is 2.44. The van der Waals surface area contributed by atoms with Gasteiger partial charge < -0.3 is 4.90 Å². The first-order chi connectivity index (χ1) is 10.2. The van der Waals surface area contributed by atoms with Crippen LogP contribution in [0.2, 0.25) is 5.02 Å². The van der Waals surface area contributed by atoms with Crippen LogP contribution in [0.1, 0.15) is 33.8 Å². The first-order valence-corrected chi connectivity index (χ1v) is 7.29. The number of rotatable bonds is 1. The average Bonchev–Trinajstić information content (AvgIpc) is 2.76. The van der Waals surface area contributed by atoms with Crippen molar-refractivity contribution < 1.29 is 9.59 Å². The zero-order valence-electron chi connectivity index (χ0n) is 11.2. The molecule has 4 heteroatoms. The molecule has 1 amide bonds. The highest BCUT2D eigenvalue weighted by atomic mass is 35.5. The molecule has 2 aliphatic heterocycles. The molecule has 0 aliphatic carbocycles. The van der Waals surface area contributed by atoms with Crippen LogP contribution in [0.5, 0.6) is 0 Å². The minimum absolute atomic E-state index is 0.201. The highest BCUT2D eigenvalue weighted by Gasteiger charge is 2.41. The Hall–Kier alpha value is -2.13. The van der Waals surface area contributed by atoms with Crippen molar-refractivity contribution >= 4 is 29.0 Å². The molecule has 2 aromatic rings. The van der Waals surface area contributed by atoms with Gasteiger partial charge in [-0.15, -0.1) is 0 Å². The number of benzene rings is 2. The fourth-order valence-electron chi connectivity index (χ4n) is 3.33. The molecule has 1 unspecified atom stereocenters. The number of para-hydroxylation sites is 1. The van der Waals surface area contributed by atoms with E-state index in [2.05, 4.69) is 0 Å². The monoisotopic (exact) mass is 297 g/mol. The van der Waals surface area contributed by atoms with Crippen LogP contribution in [0.25, 0.3) is 0 Å². The predicted octanol–water partition coefficient (Wildman–Crippen LogP) is 3.40. The maximum Gasteiger partial charge on any atom is 0.299 e. The van der Waals surface area contributed by atoms with Crippen molar-refractivity contribution in [1.29, 1.82) is 0 Å². The van der Waals surface area contributed by atoms with Gasteiger partial charge in [-0.25, -0.2) is 0 Å². The summed E-state index contributed by atoms with van der Waals surface area (Å²) >= 11 is 5.95. The van der Waals surface area contributed by atoms with Crippen molar-refractivity contribution in [2.45, 2.75) is 12.3 Å². The van der Waals surface area contributed by atoms with Crippen molar-refractivity contribution in [3.63, 3.8) is 0 Å². The van der Waals surface area contributed by atoms with E-state index in [-0.39, 0.29) is 11.7 Å². The number of hydrogen-bond acceptors (Lipinski definition) is 2. The maximum atomic E-state index is 12.0. The first-order valence-electron chi connectivity index (χ1n) is 6.91. The van der Waals surface area contributed by atoms with E-state index in [1.807, 2.05) is 36.4 Å². The Bertz CT molecular complexity index is 767. The van der Waals surface area contributed by atoms with E-state index in [0.717, 1.165) is 17.7 Å². The summed E-state index contributed by atoms with van der Waals surface area (Å²) in [7, 11) is 0. The summed E-state index contributed by atoms with van der Waals surface area (Å²) in [6.45, 7) is 0.585. The van der Waals surface area contributed by atoms with Gasteiger partial charge in [0.05, 0.1) is 11.3 Å². The SMILES string of the molecule is O=C1C(=O)N2CCC(c3ccc(Cl)cc3)c3cccc1c32. The Balaban J connectivity index is 1.88. The molecule has 2 heterocycles. The molecule has 4 rings (SSSR count). The minimum Gasteiger partial charge on any atom is -0.304 e. The summed E-state index contributed by atoms with van der Waals surface area (Å²) in [5.41, 5.74) is 3.56. The number of Topliss-reactive ketones (excluding diaryl/α,β-unsaturated/α-hetero) is 1. The molecule has 0 fully saturated rings. The fraction of sp³-hybridized carbons (Fsp3) is 0.176. The molecule has 0 bridgehead atoms. The van der Waals surface area contributed by atoms with Crippen LogP contribution >= 0.6 is 11.6 Å². The fourth-order valence-corrected chi connectivity index (χ4v) is 3.46. The molecule has 0 aromatic heterocycles. The van der Waals surface area contributed by atoms with E-state index in [1.54, 1.807) is 11.0 Å². The van der Waals surface area contributed by atoms with Crippen molar-refractivity contribution in [2.24, 2.45) is 0 Å². The third-order valence-corrected chi connectivity index (χ3v) is 4.56. The summed E-state index contributed by atoms with van der Waals surface area (Å²) in [4.78, 5) is 25.7. The second-order valence-corrected chi connectivity index (χ2v) is 5.86. The molecule has 0 saturated carbocycles. The van der Waals surface area contributed by atoms with Crippen molar-refractivity contribution in [3.8, 4) is 0 Å². The van der Waals surface area contributed by atoms with Gasteiger partial charge in [0.1, 0.15) is 0 Å². The zero-order valence-corrected chi connectivity index (χ0v) is 11.9. The highest BCUT2D eigenvalue weighted by molar-refractivity contribution is 6.52. The molecule has 0 N–H and O–H groups in total. The van der Waals surface area contributed by atoms with Gasteiger partial charge >= 0.3 is 0 Å². The van der Waals surface area contributed by atoms with E-state index in [9.17, 15) is 9.59 Å². The molecule has 21 heavy (non-hydrogen) atoms. The Labute approximate surface area is 127 Å². The van der Waals surface area contributed by atoms with Crippen molar-refractivity contribution in [3.05, 3.63) is 64.2 Å². The number of carbonyl (C=O) groups excluding carboxylic acids is 2. The summed E-state index contributed by atoms with van der Waals surface area (Å²) in [6.07, 6.45) is 0.817. The third kappa shape index (κ3) is 1.74. The summed E-state index contributed by atoms with van der Waals surface area (Å²) in [5, 5.41) is 0.708. The van der Waals surface area contributed by atoms with Gasteiger partial charge in [-0.1, -0.05) is 35.9 Å². The molecular formula is C17H12ClNO2. The van der Waals surface area contributed by atoms with Crippen LogP contribution in [0, 0.1) is 0 Å². The standard InChI is InChI=1S/C17H12ClNO2/c18-11-6-4-10(5-7-11)12-8-9-19-15-13(12)2-1-3-14(15)16(20)17(19)21/h1-7,12H,8-9H2. The molecule has 2 aromatic carbocycles. The quantitative estimate of drug-likeness (QED) is 0.757. The number of halogens is 1. The Morgan fingerprint density at radius 3 is 2.57 bits per heavy atom. The van der Waals surface area contributed by atoms with Gasteiger partial charge in [0.15, 0.2) is 0 Å². The lowest BCUT2D eigenvalue weighted by Gasteiger charge is -2.31. The van der Waals surface area contributed by atoms with Gasteiger partial charge in [0, 0.05) is 17.5 Å². The molecule has 0 spiro atoms. The number of anilines is 1. The Kier molecular flexibility index (Phi) is 2.66. The molecule has 1 atom stereocenters. The van der Waals surface area contributed by atoms with E-state index < -0.39 is 5.91 Å². The average molecular weight is 298 g/mol. The number of nitrogens with zero attached hydrogens (tertiary/aromatic N) is 1. The maximum absolute atomic E-state index is 12.0. The second kappa shape index (κ2) is 4.43. The van der Waals surface area contributed by atoms with Crippen LogP contribution in [0.3, 0.4) is 0 Å².